The van der Waals surface area contributed by atoms with Crippen LogP contribution in [0, 0.1) is 0 Å². The molecule has 9 heteroatoms. The highest BCUT2D eigenvalue weighted by atomic mass is 35.5. The van der Waals surface area contributed by atoms with Crippen LogP contribution in [0.25, 0.3) is 0 Å². The number of urea groups is 1. The number of ether oxygens (including phenoxy) is 1. The average Bonchev–Trinajstić information content (AvgIpc) is 2.85. The topological polar surface area (TPSA) is 91.0 Å². The summed E-state index contributed by atoms with van der Waals surface area (Å²) in [7, 11) is 0. The third kappa shape index (κ3) is 5.24. The molecule has 0 bridgehead atoms. The van der Waals surface area contributed by atoms with E-state index in [2.05, 4.69) is 15.5 Å². The van der Waals surface area contributed by atoms with E-state index in [4.69, 9.17) is 16.3 Å². The first kappa shape index (κ1) is 23.8. The van der Waals surface area contributed by atoms with Gasteiger partial charge in [0.25, 0.3) is 5.91 Å². The highest BCUT2D eigenvalue weighted by molar-refractivity contribution is 6.33. The number of hydrogen-bond acceptors (Lipinski definition) is 5. The van der Waals surface area contributed by atoms with Gasteiger partial charge in [0.2, 0.25) is 0 Å². The molecule has 2 N–H and O–H groups in total. The second-order valence-electron chi connectivity index (χ2n) is 8.10. The second-order valence-corrected chi connectivity index (χ2v) is 8.51. The van der Waals surface area contributed by atoms with Gasteiger partial charge in [0.15, 0.2) is 0 Å². The molecule has 2 aromatic carbocycles. The minimum atomic E-state index is -0.605. The van der Waals surface area contributed by atoms with Gasteiger partial charge in [-0.15, -0.1) is 0 Å². The van der Waals surface area contributed by atoms with E-state index in [9.17, 15) is 14.4 Å². The van der Waals surface area contributed by atoms with Crippen molar-refractivity contribution < 1.29 is 19.1 Å². The first-order valence-corrected chi connectivity index (χ1v) is 11.6. The van der Waals surface area contributed by atoms with Crippen molar-refractivity contribution in [1.29, 1.82) is 0 Å². The van der Waals surface area contributed by atoms with Crippen LogP contribution in [0.1, 0.15) is 28.9 Å². The SMILES string of the molecule is CCOC(=O)C1=C(CN2CCN(C(=O)c3ccccc3Cl)CC2)NC(=O)NC1c1ccccc1. The molecule has 1 atom stereocenters. The maximum atomic E-state index is 12.9. The Morgan fingerprint density at radius 2 is 1.71 bits per heavy atom. The molecule has 0 aromatic heterocycles. The van der Waals surface area contributed by atoms with Crippen LogP contribution in [0.15, 0.2) is 65.9 Å². The molecular formula is C25H27ClN4O4. The predicted molar refractivity (Wildman–Crippen MR) is 128 cm³/mol. The normalized spacial score (nSPS) is 18.8. The van der Waals surface area contributed by atoms with Gasteiger partial charge in [-0.2, -0.15) is 0 Å². The lowest BCUT2D eigenvalue weighted by Crippen LogP contribution is -2.52. The summed E-state index contributed by atoms with van der Waals surface area (Å²) in [5.41, 5.74) is 2.19. The summed E-state index contributed by atoms with van der Waals surface area (Å²) in [6, 6.07) is 15.4. The molecule has 4 rings (SSSR count). The molecular weight excluding hydrogens is 456 g/mol. The van der Waals surface area contributed by atoms with Crippen LogP contribution >= 0.6 is 11.6 Å². The maximum absolute atomic E-state index is 12.9. The Hall–Kier alpha value is -3.36. The summed E-state index contributed by atoms with van der Waals surface area (Å²) in [6.45, 7) is 4.55. The van der Waals surface area contributed by atoms with E-state index in [1.807, 2.05) is 30.3 Å². The van der Waals surface area contributed by atoms with Crippen molar-refractivity contribution in [2.24, 2.45) is 0 Å². The summed E-state index contributed by atoms with van der Waals surface area (Å²) in [6.07, 6.45) is 0. The lowest BCUT2D eigenvalue weighted by atomic mass is 9.95. The Labute approximate surface area is 203 Å². The minimum absolute atomic E-state index is 0.101. The van der Waals surface area contributed by atoms with Crippen molar-refractivity contribution in [3.05, 3.63) is 82.0 Å². The van der Waals surface area contributed by atoms with Crippen LogP contribution in [-0.4, -0.2) is 67.0 Å². The zero-order valence-corrected chi connectivity index (χ0v) is 19.7. The molecule has 0 aliphatic carbocycles. The summed E-state index contributed by atoms with van der Waals surface area (Å²) in [4.78, 5) is 42.1. The highest BCUT2D eigenvalue weighted by Crippen LogP contribution is 2.28. The number of hydrogen-bond donors (Lipinski definition) is 2. The van der Waals surface area contributed by atoms with Crippen LogP contribution in [0.2, 0.25) is 5.02 Å². The van der Waals surface area contributed by atoms with Crippen molar-refractivity contribution in [1.82, 2.24) is 20.4 Å². The van der Waals surface area contributed by atoms with Gasteiger partial charge < -0.3 is 20.3 Å². The molecule has 0 spiro atoms. The van der Waals surface area contributed by atoms with E-state index in [0.717, 1.165) is 5.56 Å². The van der Waals surface area contributed by atoms with E-state index < -0.39 is 12.0 Å². The fourth-order valence-electron chi connectivity index (χ4n) is 4.23. The van der Waals surface area contributed by atoms with E-state index in [1.165, 1.54) is 0 Å². The standard InChI is InChI=1S/C25H27ClN4O4/c1-2-34-24(32)21-20(27-25(33)28-22(21)17-8-4-3-5-9-17)16-29-12-14-30(15-13-29)23(31)18-10-6-7-11-19(18)26/h3-11,22H,2,12-16H2,1H3,(H2,27,28,33). The van der Waals surface area contributed by atoms with E-state index >= 15 is 0 Å². The Bertz CT molecular complexity index is 1100. The van der Waals surface area contributed by atoms with Crippen LogP contribution in [0.4, 0.5) is 4.79 Å². The van der Waals surface area contributed by atoms with Gasteiger partial charge in [-0.25, -0.2) is 9.59 Å². The zero-order valence-electron chi connectivity index (χ0n) is 18.9. The van der Waals surface area contributed by atoms with Crippen molar-refractivity contribution in [3.63, 3.8) is 0 Å². The monoisotopic (exact) mass is 482 g/mol. The summed E-state index contributed by atoms with van der Waals surface area (Å²) in [5.74, 6) is -0.567. The number of carbonyl (C=O) groups excluding carboxylic acids is 3. The highest BCUT2D eigenvalue weighted by Gasteiger charge is 2.35. The van der Waals surface area contributed by atoms with Gasteiger partial charge in [0.1, 0.15) is 0 Å². The van der Waals surface area contributed by atoms with E-state index in [1.54, 1.807) is 36.1 Å². The first-order chi connectivity index (χ1) is 16.5. The van der Waals surface area contributed by atoms with Crippen LogP contribution < -0.4 is 10.6 Å². The molecule has 2 aliphatic heterocycles. The van der Waals surface area contributed by atoms with Gasteiger partial charge in [-0.3, -0.25) is 9.69 Å². The van der Waals surface area contributed by atoms with E-state index in [0.29, 0.717) is 54.6 Å². The summed E-state index contributed by atoms with van der Waals surface area (Å²) in [5, 5.41) is 6.09. The molecule has 8 nitrogen and oxygen atoms in total. The molecule has 3 amide bonds. The van der Waals surface area contributed by atoms with Crippen LogP contribution in [-0.2, 0) is 9.53 Å². The molecule has 2 aromatic rings. The minimum Gasteiger partial charge on any atom is -0.463 e. The van der Waals surface area contributed by atoms with Crippen molar-refractivity contribution in [2.45, 2.75) is 13.0 Å². The lowest BCUT2D eigenvalue weighted by molar-refractivity contribution is -0.139. The largest absolute Gasteiger partial charge is 0.463 e. The van der Waals surface area contributed by atoms with Gasteiger partial charge >= 0.3 is 12.0 Å². The first-order valence-electron chi connectivity index (χ1n) is 11.3. The summed E-state index contributed by atoms with van der Waals surface area (Å²) >= 11 is 6.19. The molecule has 2 heterocycles. The number of nitrogens with zero attached hydrogens (tertiary/aromatic N) is 2. The van der Waals surface area contributed by atoms with Crippen molar-refractivity contribution >= 4 is 29.5 Å². The van der Waals surface area contributed by atoms with E-state index in [-0.39, 0.29) is 18.5 Å². The van der Waals surface area contributed by atoms with Crippen molar-refractivity contribution in [3.8, 4) is 0 Å². The number of esters is 1. The van der Waals surface area contributed by atoms with Gasteiger partial charge in [-0.1, -0.05) is 54.1 Å². The number of benzene rings is 2. The fourth-order valence-corrected chi connectivity index (χ4v) is 4.44. The Morgan fingerprint density at radius 1 is 1.03 bits per heavy atom. The average molecular weight is 483 g/mol. The number of carbonyl (C=O) groups is 3. The Kier molecular flexibility index (Phi) is 7.49. The van der Waals surface area contributed by atoms with Crippen molar-refractivity contribution in [2.75, 3.05) is 39.3 Å². The number of piperazine rings is 1. The smallest absolute Gasteiger partial charge is 0.338 e. The molecule has 1 unspecified atom stereocenters. The number of nitrogens with one attached hydrogen (secondary N) is 2. The molecule has 0 saturated carbocycles. The molecule has 34 heavy (non-hydrogen) atoms. The molecule has 1 fully saturated rings. The fraction of sp³-hybridized carbons (Fsp3) is 0.320. The van der Waals surface area contributed by atoms with Crippen LogP contribution in [0.5, 0.6) is 0 Å². The van der Waals surface area contributed by atoms with Gasteiger partial charge in [0.05, 0.1) is 28.8 Å². The molecule has 2 aliphatic rings. The third-order valence-corrected chi connectivity index (χ3v) is 6.26. The number of halogens is 1. The molecule has 0 radical (unpaired) electrons. The van der Waals surface area contributed by atoms with Crippen LogP contribution in [0.3, 0.4) is 0 Å². The quantitative estimate of drug-likeness (QED) is 0.618. The summed E-state index contributed by atoms with van der Waals surface area (Å²) < 4.78 is 5.32. The lowest BCUT2D eigenvalue weighted by Gasteiger charge is -2.37. The van der Waals surface area contributed by atoms with Gasteiger partial charge in [-0.05, 0) is 24.6 Å². The number of amides is 3. The zero-order chi connectivity index (χ0) is 24.1. The Morgan fingerprint density at radius 3 is 2.38 bits per heavy atom. The predicted octanol–water partition coefficient (Wildman–Crippen LogP) is 2.97. The number of rotatable bonds is 6. The molecule has 178 valence electrons. The third-order valence-electron chi connectivity index (χ3n) is 5.93. The van der Waals surface area contributed by atoms with Gasteiger partial charge in [0, 0.05) is 38.4 Å². The molecule has 1 saturated heterocycles. The Balaban J connectivity index is 1.51. The maximum Gasteiger partial charge on any atom is 0.338 e. The second kappa shape index (κ2) is 10.7.